The average Bonchev–Trinajstić information content (AvgIpc) is 2.59. The molecule has 3 aromatic rings. The molecule has 0 saturated carbocycles. The zero-order valence-corrected chi connectivity index (χ0v) is 13.9. The second-order valence-electron chi connectivity index (χ2n) is 5.97. The third-order valence-electron chi connectivity index (χ3n) is 4.01. The molecule has 2 aromatic carbocycles. The van der Waals surface area contributed by atoms with E-state index >= 15 is 0 Å². The van der Waals surface area contributed by atoms with Crippen LogP contribution in [0.3, 0.4) is 0 Å². The van der Waals surface area contributed by atoms with Crippen LogP contribution >= 0.6 is 0 Å². The van der Waals surface area contributed by atoms with Crippen molar-refractivity contribution in [3.8, 4) is 0 Å². The predicted octanol–water partition coefficient (Wildman–Crippen LogP) is 2.32. The van der Waals surface area contributed by atoms with Gasteiger partial charge in [-0.15, -0.1) is 0 Å². The molecule has 0 fully saturated rings. The van der Waals surface area contributed by atoms with Gasteiger partial charge in [-0.25, -0.2) is 4.98 Å². The molecule has 0 aliphatic rings. The minimum absolute atomic E-state index is 0.0549. The van der Waals surface area contributed by atoms with Crippen molar-refractivity contribution in [1.29, 1.82) is 0 Å². The largest absolute Gasteiger partial charge is 0.392 e. The van der Waals surface area contributed by atoms with Gasteiger partial charge in [0.25, 0.3) is 5.56 Å². The molecule has 0 spiro atoms. The van der Waals surface area contributed by atoms with Gasteiger partial charge in [0.1, 0.15) is 5.82 Å². The van der Waals surface area contributed by atoms with Crippen LogP contribution in [-0.4, -0.2) is 27.3 Å². The van der Waals surface area contributed by atoms with Crippen molar-refractivity contribution in [1.82, 2.24) is 9.55 Å². The van der Waals surface area contributed by atoms with Crippen LogP contribution in [0.5, 0.6) is 0 Å². The first-order chi connectivity index (χ1) is 11.6. The minimum atomic E-state index is -0.484. The Labute approximate surface area is 140 Å². The SMILES string of the molecule is CC(O)CN(Cc1nc2ccccc2c(=O)n1C)c1ccccc1. The summed E-state index contributed by atoms with van der Waals surface area (Å²) in [6, 6.07) is 17.2. The summed E-state index contributed by atoms with van der Waals surface area (Å²) >= 11 is 0. The van der Waals surface area contributed by atoms with E-state index in [1.807, 2.05) is 53.4 Å². The fraction of sp³-hybridized carbons (Fsp3) is 0.263. The van der Waals surface area contributed by atoms with E-state index in [1.54, 1.807) is 24.6 Å². The van der Waals surface area contributed by atoms with Crippen molar-refractivity contribution >= 4 is 16.6 Å². The molecule has 0 amide bonds. The number of anilines is 1. The second-order valence-corrected chi connectivity index (χ2v) is 5.97. The molecule has 1 unspecified atom stereocenters. The summed E-state index contributed by atoms with van der Waals surface area (Å²) in [5, 5.41) is 10.4. The van der Waals surface area contributed by atoms with Crippen LogP contribution in [0.15, 0.2) is 59.4 Å². The molecule has 0 radical (unpaired) electrons. The maximum atomic E-state index is 12.5. The fourth-order valence-electron chi connectivity index (χ4n) is 2.80. The fourth-order valence-corrected chi connectivity index (χ4v) is 2.80. The smallest absolute Gasteiger partial charge is 0.261 e. The van der Waals surface area contributed by atoms with Gasteiger partial charge in [0, 0.05) is 19.3 Å². The van der Waals surface area contributed by atoms with Crippen LogP contribution in [-0.2, 0) is 13.6 Å². The van der Waals surface area contributed by atoms with Crippen LogP contribution < -0.4 is 10.5 Å². The Balaban J connectivity index is 2.02. The van der Waals surface area contributed by atoms with Gasteiger partial charge in [0.15, 0.2) is 0 Å². The van der Waals surface area contributed by atoms with Crippen LogP contribution in [0.2, 0.25) is 0 Å². The standard InChI is InChI=1S/C19H21N3O2/c1-14(23)12-22(15-8-4-3-5-9-15)13-18-20-17-11-7-6-10-16(17)19(24)21(18)2/h3-11,14,23H,12-13H2,1-2H3. The molecule has 3 rings (SSSR count). The first-order valence-corrected chi connectivity index (χ1v) is 7.99. The first-order valence-electron chi connectivity index (χ1n) is 7.99. The summed E-state index contributed by atoms with van der Waals surface area (Å²) in [5.74, 6) is 0.670. The summed E-state index contributed by atoms with van der Waals surface area (Å²) in [4.78, 5) is 19.2. The lowest BCUT2D eigenvalue weighted by Crippen LogP contribution is -2.34. The number of aromatic nitrogens is 2. The highest BCUT2D eigenvalue weighted by atomic mass is 16.3. The van der Waals surface area contributed by atoms with Gasteiger partial charge >= 0.3 is 0 Å². The Morgan fingerprint density at radius 2 is 1.79 bits per heavy atom. The zero-order valence-electron chi connectivity index (χ0n) is 13.9. The number of benzene rings is 2. The summed E-state index contributed by atoms with van der Waals surface area (Å²) in [6.45, 7) is 2.67. The van der Waals surface area contributed by atoms with Crippen molar-refractivity contribution in [3.05, 3.63) is 70.8 Å². The number of fused-ring (bicyclic) bond motifs is 1. The zero-order chi connectivity index (χ0) is 17.1. The van der Waals surface area contributed by atoms with Crippen LogP contribution in [0.25, 0.3) is 10.9 Å². The van der Waals surface area contributed by atoms with Crippen LogP contribution in [0.4, 0.5) is 5.69 Å². The van der Waals surface area contributed by atoms with E-state index in [-0.39, 0.29) is 5.56 Å². The minimum Gasteiger partial charge on any atom is -0.392 e. The lowest BCUT2D eigenvalue weighted by molar-refractivity contribution is 0.199. The molecule has 124 valence electrons. The highest BCUT2D eigenvalue weighted by molar-refractivity contribution is 5.77. The molecule has 0 saturated heterocycles. The normalized spacial score (nSPS) is 12.3. The van der Waals surface area contributed by atoms with Crippen LogP contribution in [0.1, 0.15) is 12.7 Å². The Bertz CT molecular complexity index is 888. The molecular formula is C19H21N3O2. The predicted molar refractivity (Wildman–Crippen MR) is 96.2 cm³/mol. The maximum Gasteiger partial charge on any atom is 0.261 e. The molecular weight excluding hydrogens is 302 g/mol. The highest BCUT2D eigenvalue weighted by Gasteiger charge is 2.14. The Morgan fingerprint density at radius 1 is 1.12 bits per heavy atom. The monoisotopic (exact) mass is 323 g/mol. The molecule has 5 nitrogen and oxygen atoms in total. The van der Waals surface area contributed by atoms with E-state index in [1.165, 1.54) is 0 Å². The highest BCUT2D eigenvalue weighted by Crippen LogP contribution is 2.17. The first kappa shape index (κ1) is 16.2. The summed E-state index contributed by atoms with van der Waals surface area (Å²) in [7, 11) is 1.74. The molecule has 0 bridgehead atoms. The number of nitrogens with zero attached hydrogens (tertiary/aromatic N) is 3. The van der Waals surface area contributed by atoms with Gasteiger partial charge in [-0.05, 0) is 31.2 Å². The van der Waals surface area contributed by atoms with Crippen molar-refractivity contribution in [2.45, 2.75) is 19.6 Å². The Kier molecular flexibility index (Phi) is 4.62. The molecule has 1 N–H and O–H groups in total. The summed E-state index contributed by atoms with van der Waals surface area (Å²) in [5.41, 5.74) is 1.63. The number of aliphatic hydroxyl groups is 1. The maximum absolute atomic E-state index is 12.5. The van der Waals surface area contributed by atoms with E-state index in [2.05, 4.69) is 4.98 Å². The third kappa shape index (κ3) is 3.31. The Hall–Kier alpha value is -2.66. The lowest BCUT2D eigenvalue weighted by Gasteiger charge is -2.26. The number of para-hydroxylation sites is 2. The van der Waals surface area contributed by atoms with Gasteiger partial charge in [-0.2, -0.15) is 0 Å². The van der Waals surface area contributed by atoms with E-state index in [0.29, 0.717) is 29.8 Å². The Morgan fingerprint density at radius 3 is 2.50 bits per heavy atom. The molecule has 5 heteroatoms. The summed E-state index contributed by atoms with van der Waals surface area (Å²) in [6.07, 6.45) is -0.484. The quantitative estimate of drug-likeness (QED) is 0.783. The van der Waals surface area contributed by atoms with E-state index in [9.17, 15) is 9.90 Å². The average molecular weight is 323 g/mol. The van der Waals surface area contributed by atoms with Gasteiger partial charge in [0.05, 0.1) is 23.6 Å². The molecule has 24 heavy (non-hydrogen) atoms. The van der Waals surface area contributed by atoms with Gasteiger partial charge < -0.3 is 10.0 Å². The van der Waals surface area contributed by atoms with E-state index < -0.39 is 6.10 Å². The number of hydrogen-bond donors (Lipinski definition) is 1. The third-order valence-corrected chi connectivity index (χ3v) is 4.01. The van der Waals surface area contributed by atoms with Crippen molar-refractivity contribution in [2.24, 2.45) is 7.05 Å². The topological polar surface area (TPSA) is 58.4 Å². The van der Waals surface area contributed by atoms with E-state index in [4.69, 9.17) is 0 Å². The van der Waals surface area contributed by atoms with Crippen LogP contribution in [0, 0.1) is 0 Å². The molecule has 1 aromatic heterocycles. The molecule has 1 atom stereocenters. The van der Waals surface area contributed by atoms with Gasteiger partial charge in [-0.3, -0.25) is 9.36 Å². The van der Waals surface area contributed by atoms with Gasteiger partial charge in [0.2, 0.25) is 0 Å². The van der Waals surface area contributed by atoms with Crippen molar-refractivity contribution in [2.75, 3.05) is 11.4 Å². The lowest BCUT2D eigenvalue weighted by atomic mass is 10.2. The molecule has 1 heterocycles. The summed E-state index contributed by atoms with van der Waals surface area (Å²) < 4.78 is 1.58. The number of rotatable bonds is 5. The van der Waals surface area contributed by atoms with Crippen molar-refractivity contribution < 1.29 is 5.11 Å². The van der Waals surface area contributed by atoms with E-state index in [0.717, 1.165) is 5.69 Å². The second kappa shape index (κ2) is 6.84. The number of aliphatic hydroxyl groups excluding tert-OH is 1. The molecule has 0 aliphatic carbocycles. The molecule has 0 aliphatic heterocycles. The van der Waals surface area contributed by atoms with Gasteiger partial charge in [-0.1, -0.05) is 30.3 Å². The van der Waals surface area contributed by atoms with Crippen molar-refractivity contribution in [3.63, 3.8) is 0 Å². The number of hydrogen-bond acceptors (Lipinski definition) is 4.